The molecule has 2 heterocycles. The first kappa shape index (κ1) is 9.40. The molecule has 0 N–H and O–H groups in total. The zero-order valence-corrected chi connectivity index (χ0v) is 8.49. The monoisotopic (exact) mass is 193 g/mol. The van der Waals surface area contributed by atoms with E-state index in [9.17, 15) is 0 Å². The van der Waals surface area contributed by atoms with Crippen molar-refractivity contribution in [1.82, 2.24) is 15.0 Å². The molecular weight excluding hydrogens is 178 g/mol. The lowest BCUT2D eigenvalue weighted by Crippen LogP contribution is -2.30. The summed E-state index contributed by atoms with van der Waals surface area (Å²) in [5.41, 5.74) is 1.35. The van der Waals surface area contributed by atoms with Crippen LogP contribution in [0.3, 0.4) is 0 Å². The highest BCUT2D eigenvalue weighted by atomic mass is 16.5. The van der Waals surface area contributed by atoms with Crippen LogP contribution in [-0.2, 0) is 6.54 Å². The summed E-state index contributed by atoms with van der Waals surface area (Å²) in [5, 5.41) is 3.77. The summed E-state index contributed by atoms with van der Waals surface area (Å²) in [6.07, 6.45) is 2.18. The van der Waals surface area contributed by atoms with Crippen LogP contribution in [-0.4, -0.2) is 28.1 Å². The normalized spacial score (nSPS) is 18.8. The van der Waals surface area contributed by atoms with Crippen LogP contribution in [0, 0.1) is 6.92 Å². The van der Waals surface area contributed by atoms with E-state index in [1.165, 1.54) is 5.57 Å². The van der Waals surface area contributed by atoms with Gasteiger partial charge in [-0.2, -0.15) is 4.98 Å². The third-order valence-electron chi connectivity index (χ3n) is 2.49. The Kier molecular flexibility index (Phi) is 2.63. The topological polar surface area (TPSA) is 42.2 Å². The van der Waals surface area contributed by atoms with Gasteiger partial charge in [0, 0.05) is 13.1 Å². The molecule has 1 aliphatic rings. The van der Waals surface area contributed by atoms with Gasteiger partial charge in [0.05, 0.1) is 6.54 Å². The second-order valence-corrected chi connectivity index (χ2v) is 3.76. The molecule has 0 spiro atoms. The summed E-state index contributed by atoms with van der Waals surface area (Å²) < 4.78 is 5.07. The minimum absolute atomic E-state index is 0.710. The van der Waals surface area contributed by atoms with Crippen LogP contribution in [0.15, 0.2) is 16.7 Å². The van der Waals surface area contributed by atoms with Crippen molar-refractivity contribution in [2.75, 3.05) is 13.1 Å². The molecule has 0 bridgehead atoms. The van der Waals surface area contributed by atoms with Crippen LogP contribution in [0.2, 0.25) is 0 Å². The molecule has 1 aliphatic heterocycles. The van der Waals surface area contributed by atoms with Crippen LogP contribution < -0.4 is 0 Å². The van der Waals surface area contributed by atoms with Crippen LogP contribution in [0.1, 0.15) is 24.6 Å². The molecule has 2 rings (SSSR count). The highest BCUT2D eigenvalue weighted by molar-refractivity contribution is 4.99. The Morgan fingerprint density at radius 1 is 1.43 bits per heavy atom. The zero-order valence-electron chi connectivity index (χ0n) is 8.49. The van der Waals surface area contributed by atoms with E-state index in [1.807, 2.05) is 6.92 Å². The second-order valence-electron chi connectivity index (χ2n) is 3.76. The second kappa shape index (κ2) is 3.92. The van der Waals surface area contributed by atoms with Crippen molar-refractivity contribution >= 4 is 0 Å². The van der Waals surface area contributed by atoms with Gasteiger partial charge in [0.25, 0.3) is 0 Å². The highest BCUT2D eigenvalue weighted by Gasteiger charge is 2.15. The molecule has 4 nitrogen and oxygen atoms in total. The maximum Gasteiger partial charge on any atom is 0.240 e. The Morgan fingerprint density at radius 3 is 2.71 bits per heavy atom. The molecule has 1 saturated heterocycles. The molecule has 0 unspecified atom stereocenters. The van der Waals surface area contributed by atoms with E-state index >= 15 is 0 Å². The maximum atomic E-state index is 5.07. The number of aryl methyl sites for hydroxylation is 1. The van der Waals surface area contributed by atoms with Crippen LogP contribution >= 0.6 is 0 Å². The lowest BCUT2D eigenvalue weighted by atomic mass is 10.1. The van der Waals surface area contributed by atoms with Gasteiger partial charge in [-0.05, 0) is 19.8 Å². The van der Waals surface area contributed by atoms with Gasteiger partial charge in [-0.1, -0.05) is 17.3 Å². The third kappa shape index (κ3) is 2.20. The number of hydrogen-bond donors (Lipinski definition) is 0. The number of piperidine rings is 1. The van der Waals surface area contributed by atoms with Crippen molar-refractivity contribution in [3.63, 3.8) is 0 Å². The van der Waals surface area contributed by atoms with Crippen LogP contribution in [0.25, 0.3) is 0 Å². The van der Waals surface area contributed by atoms with Gasteiger partial charge in [0.15, 0.2) is 5.82 Å². The van der Waals surface area contributed by atoms with Gasteiger partial charge in [-0.15, -0.1) is 0 Å². The van der Waals surface area contributed by atoms with Gasteiger partial charge in [0.2, 0.25) is 5.89 Å². The zero-order chi connectivity index (χ0) is 9.97. The van der Waals surface area contributed by atoms with Crippen molar-refractivity contribution in [3.8, 4) is 0 Å². The van der Waals surface area contributed by atoms with E-state index in [0.717, 1.165) is 38.4 Å². The average Bonchev–Trinajstić information content (AvgIpc) is 2.56. The Labute approximate surface area is 83.6 Å². The van der Waals surface area contributed by atoms with Crippen molar-refractivity contribution in [3.05, 3.63) is 23.9 Å². The van der Waals surface area contributed by atoms with Crippen LogP contribution in [0.4, 0.5) is 0 Å². The Morgan fingerprint density at radius 2 is 2.14 bits per heavy atom. The molecule has 4 heteroatoms. The summed E-state index contributed by atoms with van der Waals surface area (Å²) in [6.45, 7) is 8.70. The summed E-state index contributed by atoms with van der Waals surface area (Å²) in [7, 11) is 0. The Balaban J connectivity index is 1.89. The summed E-state index contributed by atoms with van der Waals surface area (Å²) in [5.74, 6) is 1.43. The van der Waals surface area contributed by atoms with Crippen molar-refractivity contribution in [2.24, 2.45) is 0 Å². The fraction of sp³-hybridized carbons (Fsp3) is 0.600. The maximum absolute atomic E-state index is 5.07. The number of aromatic nitrogens is 2. The predicted molar refractivity (Wildman–Crippen MR) is 52.7 cm³/mol. The summed E-state index contributed by atoms with van der Waals surface area (Å²) >= 11 is 0. The van der Waals surface area contributed by atoms with E-state index in [0.29, 0.717) is 5.82 Å². The molecule has 14 heavy (non-hydrogen) atoms. The minimum atomic E-state index is 0.710. The lowest BCUT2D eigenvalue weighted by Gasteiger charge is -2.26. The van der Waals surface area contributed by atoms with E-state index in [4.69, 9.17) is 4.52 Å². The first-order chi connectivity index (χ1) is 6.74. The largest absolute Gasteiger partial charge is 0.338 e. The Hall–Kier alpha value is -1.16. The number of nitrogens with zero attached hydrogens (tertiary/aromatic N) is 3. The summed E-state index contributed by atoms with van der Waals surface area (Å²) in [4.78, 5) is 6.50. The van der Waals surface area contributed by atoms with Gasteiger partial charge in [-0.25, -0.2) is 0 Å². The molecule has 0 saturated carbocycles. The first-order valence-electron chi connectivity index (χ1n) is 4.92. The average molecular weight is 193 g/mol. The van der Waals surface area contributed by atoms with E-state index in [-0.39, 0.29) is 0 Å². The fourth-order valence-electron chi connectivity index (χ4n) is 1.62. The third-order valence-corrected chi connectivity index (χ3v) is 2.49. The van der Waals surface area contributed by atoms with Crippen molar-refractivity contribution < 1.29 is 4.52 Å². The first-order valence-corrected chi connectivity index (χ1v) is 4.92. The summed E-state index contributed by atoms with van der Waals surface area (Å²) in [6, 6.07) is 0. The lowest BCUT2D eigenvalue weighted by molar-refractivity contribution is 0.214. The number of hydrogen-bond acceptors (Lipinski definition) is 4. The SMILES string of the molecule is C=C1CCN(Cc2nc(C)no2)CC1. The molecule has 1 aromatic heterocycles. The number of rotatable bonds is 2. The van der Waals surface area contributed by atoms with Gasteiger partial charge < -0.3 is 4.52 Å². The van der Waals surface area contributed by atoms with Crippen LogP contribution in [0.5, 0.6) is 0 Å². The molecule has 1 fully saturated rings. The smallest absolute Gasteiger partial charge is 0.240 e. The minimum Gasteiger partial charge on any atom is -0.338 e. The standard InChI is InChI=1S/C10H15N3O/c1-8-3-5-13(6-4-8)7-10-11-9(2)12-14-10/h1,3-7H2,2H3. The fourth-order valence-corrected chi connectivity index (χ4v) is 1.62. The van der Waals surface area contributed by atoms with Crippen molar-refractivity contribution in [1.29, 1.82) is 0 Å². The number of likely N-dealkylation sites (tertiary alicyclic amines) is 1. The quantitative estimate of drug-likeness (QED) is 0.668. The predicted octanol–water partition coefficient (Wildman–Crippen LogP) is 1.53. The molecule has 0 aliphatic carbocycles. The highest BCUT2D eigenvalue weighted by Crippen LogP contribution is 2.15. The van der Waals surface area contributed by atoms with E-state index in [2.05, 4.69) is 21.6 Å². The van der Waals surface area contributed by atoms with Gasteiger partial charge in [-0.3, -0.25) is 4.90 Å². The molecule has 76 valence electrons. The van der Waals surface area contributed by atoms with Crippen molar-refractivity contribution in [2.45, 2.75) is 26.3 Å². The molecule has 1 aromatic rings. The molecular formula is C10H15N3O. The van der Waals surface area contributed by atoms with E-state index < -0.39 is 0 Å². The molecule has 0 amide bonds. The molecule has 0 atom stereocenters. The van der Waals surface area contributed by atoms with E-state index in [1.54, 1.807) is 0 Å². The van der Waals surface area contributed by atoms with Gasteiger partial charge >= 0.3 is 0 Å². The molecule has 0 radical (unpaired) electrons. The Bertz CT molecular complexity index is 322. The molecule has 0 aromatic carbocycles. The van der Waals surface area contributed by atoms with Gasteiger partial charge in [0.1, 0.15) is 0 Å².